The van der Waals surface area contributed by atoms with Crippen LogP contribution in [-0.2, 0) is 19.6 Å². The number of anilines is 2. The smallest absolute Gasteiger partial charge is 0.261 e. The van der Waals surface area contributed by atoms with Crippen molar-refractivity contribution in [2.75, 3.05) is 35.5 Å². The highest BCUT2D eigenvalue weighted by molar-refractivity contribution is 7.99. The number of hydrogen-bond donors (Lipinski definition) is 2. The standard InChI is InChI=1S/C23H27N3O5S2/c1-2-31-18-7-5-17(6-8-18)25-33(29,30)19-9-10-21-20(14-19)24-23(28)16(15-32-21)13-22(27)26-11-3-4-12-26/h5-10,14,16,25H,2-4,11-13,15H2,1H3,(H,24,28). The van der Waals surface area contributed by atoms with Crippen molar-refractivity contribution in [3.8, 4) is 5.75 Å². The van der Waals surface area contributed by atoms with Gasteiger partial charge < -0.3 is 15.0 Å². The molecule has 1 saturated heterocycles. The van der Waals surface area contributed by atoms with Crippen LogP contribution in [0.25, 0.3) is 0 Å². The van der Waals surface area contributed by atoms with E-state index in [1.807, 2.05) is 11.8 Å². The van der Waals surface area contributed by atoms with E-state index in [9.17, 15) is 18.0 Å². The van der Waals surface area contributed by atoms with Crippen molar-refractivity contribution >= 4 is 45.0 Å². The molecule has 176 valence electrons. The van der Waals surface area contributed by atoms with Crippen LogP contribution >= 0.6 is 11.8 Å². The number of carbonyl (C=O) groups excluding carboxylic acids is 2. The predicted molar refractivity (Wildman–Crippen MR) is 128 cm³/mol. The van der Waals surface area contributed by atoms with Crippen LogP contribution in [0.15, 0.2) is 52.3 Å². The molecule has 1 unspecified atom stereocenters. The molecule has 1 fully saturated rings. The number of amides is 2. The third kappa shape index (κ3) is 5.62. The lowest BCUT2D eigenvalue weighted by atomic mass is 10.1. The highest BCUT2D eigenvalue weighted by Gasteiger charge is 2.30. The van der Waals surface area contributed by atoms with Gasteiger partial charge in [-0.05, 0) is 62.2 Å². The molecular weight excluding hydrogens is 462 g/mol. The average Bonchev–Trinajstić information content (AvgIpc) is 3.28. The summed E-state index contributed by atoms with van der Waals surface area (Å²) in [4.78, 5) is 27.9. The van der Waals surface area contributed by atoms with Gasteiger partial charge in [0.15, 0.2) is 0 Å². The molecule has 0 aliphatic carbocycles. The van der Waals surface area contributed by atoms with Gasteiger partial charge in [0.05, 0.1) is 23.1 Å². The van der Waals surface area contributed by atoms with Crippen LogP contribution in [0.4, 0.5) is 11.4 Å². The third-order valence-corrected chi connectivity index (χ3v) is 8.24. The Kier molecular flexibility index (Phi) is 7.14. The van der Waals surface area contributed by atoms with Gasteiger partial charge in [-0.2, -0.15) is 0 Å². The summed E-state index contributed by atoms with van der Waals surface area (Å²) in [7, 11) is -3.86. The molecule has 0 bridgehead atoms. The highest BCUT2D eigenvalue weighted by atomic mass is 32.2. The Morgan fingerprint density at radius 3 is 2.61 bits per heavy atom. The third-order valence-electron chi connectivity index (χ3n) is 5.63. The summed E-state index contributed by atoms with van der Waals surface area (Å²) in [6, 6.07) is 11.3. The summed E-state index contributed by atoms with van der Waals surface area (Å²) in [5.74, 6) is 0.403. The maximum absolute atomic E-state index is 12.9. The Morgan fingerprint density at radius 1 is 1.18 bits per heavy atom. The number of sulfonamides is 1. The minimum Gasteiger partial charge on any atom is -0.494 e. The summed E-state index contributed by atoms with van der Waals surface area (Å²) in [5, 5.41) is 2.83. The molecule has 0 saturated carbocycles. The van der Waals surface area contributed by atoms with Crippen molar-refractivity contribution in [1.82, 2.24) is 4.90 Å². The average molecular weight is 490 g/mol. The topological polar surface area (TPSA) is 105 Å². The molecule has 0 aromatic heterocycles. The van der Waals surface area contributed by atoms with Gasteiger partial charge >= 0.3 is 0 Å². The fourth-order valence-electron chi connectivity index (χ4n) is 3.86. The van der Waals surface area contributed by atoms with E-state index in [-0.39, 0.29) is 23.1 Å². The first kappa shape index (κ1) is 23.4. The van der Waals surface area contributed by atoms with E-state index in [1.54, 1.807) is 30.3 Å². The molecule has 2 aliphatic rings. The monoisotopic (exact) mass is 489 g/mol. The lowest BCUT2D eigenvalue weighted by molar-refractivity contribution is -0.133. The summed E-state index contributed by atoms with van der Waals surface area (Å²) in [6.45, 7) is 3.91. The zero-order chi connectivity index (χ0) is 23.4. The molecule has 4 rings (SSSR count). The van der Waals surface area contributed by atoms with Gasteiger partial charge in [-0.3, -0.25) is 14.3 Å². The zero-order valence-electron chi connectivity index (χ0n) is 18.4. The van der Waals surface area contributed by atoms with Gasteiger partial charge in [-0.25, -0.2) is 8.42 Å². The highest BCUT2D eigenvalue weighted by Crippen LogP contribution is 2.35. The lowest BCUT2D eigenvalue weighted by Gasteiger charge is -2.18. The van der Waals surface area contributed by atoms with Crippen LogP contribution in [0, 0.1) is 5.92 Å². The Hall–Kier alpha value is -2.72. The summed E-state index contributed by atoms with van der Waals surface area (Å²) in [5.41, 5.74) is 0.850. The minimum atomic E-state index is -3.86. The number of fused-ring (bicyclic) bond motifs is 1. The summed E-state index contributed by atoms with van der Waals surface area (Å²) < 4.78 is 33.7. The van der Waals surface area contributed by atoms with Crippen molar-refractivity contribution in [3.63, 3.8) is 0 Å². The molecule has 33 heavy (non-hydrogen) atoms. The number of carbonyl (C=O) groups is 2. The van der Waals surface area contributed by atoms with Crippen molar-refractivity contribution < 1.29 is 22.7 Å². The number of ether oxygens (including phenoxy) is 1. The summed E-state index contributed by atoms with van der Waals surface area (Å²) >= 11 is 1.45. The number of benzene rings is 2. The molecule has 2 heterocycles. The van der Waals surface area contributed by atoms with Gasteiger partial charge in [0, 0.05) is 35.8 Å². The van der Waals surface area contributed by atoms with E-state index >= 15 is 0 Å². The Morgan fingerprint density at radius 2 is 1.91 bits per heavy atom. The molecule has 2 aliphatic heterocycles. The van der Waals surface area contributed by atoms with E-state index in [4.69, 9.17) is 4.74 Å². The van der Waals surface area contributed by atoms with E-state index in [0.717, 1.165) is 30.8 Å². The zero-order valence-corrected chi connectivity index (χ0v) is 20.0. The normalized spacial score (nSPS) is 18.3. The number of likely N-dealkylation sites (tertiary alicyclic amines) is 1. The fourth-order valence-corrected chi connectivity index (χ4v) is 6.02. The van der Waals surface area contributed by atoms with E-state index < -0.39 is 15.9 Å². The molecule has 2 aromatic carbocycles. The summed E-state index contributed by atoms with van der Waals surface area (Å²) in [6.07, 6.45) is 2.17. The van der Waals surface area contributed by atoms with E-state index in [1.165, 1.54) is 23.9 Å². The second kappa shape index (κ2) is 10.0. The van der Waals surface area contributed by atoms with Gasteiger partial charge in [0.25, 0.3) is 10.0 Å². The minimum absolute atomic E-state index is 0.00188. The SMILES string of the molecule is CCOc1ccc(NS(=O)(=O)c2ccc3c(c2)NC(=O)C(CC(=O)N2CCCC2)CS3)cc1. The van der Waals surface area contributed by atoms with Crippen molar-refractivity contribution in [3.05, 3.63) is 42.5 Å². The first-order chi connectivity index (χ1) is 15.9. The van der Waals surface area contributed by atoms with Crippen molar-refractivity contribution in [2.45, 2.75) is 36.0 Å². The molecule has 2 aromatic rings. The number of nitrogens with zero attached hydrogens (tertiary/aromatic N) is 1. The maximum Gasteiger partial charge on any atom is 0.261 e. The Balaban J connectivity index is 1.46. The fraction of sp³-hybridized carbons (Fsp3) is 0.391. The molecule has 0 radical (unpaired) electrons. The first-order valence-corrected chi connectivity index (χ1v) is 13.4. The van der Waals surface area contributed by atoms with Crippen molar-refractivity contribution in [1.29, 1.82) is 0 Å². The van der Waals surface area contributed by atoms with Crippen LogP contribution in [0.2, 0.25) is 0 Å². The van der Waals surface area contributed by atoms with Crippen LogP contribution in [0.1, 0.15) is 26.2 Å². The molecule has 2 N–H and O–H groups in total. The number of thioether (sulfide) groups is 1. The van der Waals surface area contributed by atoms with Crippen LogP contribution in [0.3, 0.4) is 0 Å². The van der Waals surface area contributed by atoms with Crippen molar-refractivity contribution in [2.24, 2.45) is 5.92 Å². The second-order valence-electron chi connectivity index (χ2n) is 8.01. The molecular formula is C23H27N3O5S2. The number of hydrogen-bond acceptors (Lipinski definition) is 6. The Bertz CT molecular complexity index is 1130. The van der Waals surface area contributed by atoms with E-state index in [0.29, 0.717) is 29.5 Å². The number of rotatable bonds is 7. The maximum atomic E-state index is 12.9. The predicted octanol–water partition coefficient (Wildman–Crippen LogP) is 3.56. The molecule has 10 heteroatoms. The van der Waals surface area contributed by atoms with Crippen LogP contribution in [0.5, 0.6) is 5.75 Å². The Labute approximate surface area is 198 Å². The van der Waals surface area contributed by atoms with Crippen LogP contribution in [-0.4, -0.2) is 50.6 Å². The van der Waals surface area contributed by atoms with Gasteiger partial charge in [-0.15, -0.1) is 11.8 Å². The second-order valence-corrected chi connectivity index (χ2v) is 10.8. The molecule has 2 amide bonds. The first-order valence-electron chi connectivity index (χ1n) is 11.0. The largest absolute Gasteiger partial charge is 0.494 e. The van der Waals surface area contributed by atoms with Gasteiger partial charge in [0.1, 0.15) is 5.75 Å². The molecule has 0 spiro atoms. The van der Waals surface area contributed by atoms with Gasteiger partial charge in [-0.1, -0.05) is 0 Å². The van der Waals surface area contributed by atoms with Gasteiger partial charge in [0.2, 0.25) is 11.8 Å². The quantitative estimate of drug-likeness (QED) is 0.616. The number of nitrogens with one attached hydrogen (secondary N) is 2. The van der Waals surface area contributed by atoms with Crippen LogP contribution < -0.4 is 14.8 Å². The molecule has 8 nitrogen and oxygen atoms in total. The molecule has 1 atom stereocenters. The van der Waals surface area contributed by atoms with E-state index in [2.05, 4.69) is 10.0 Å². The lowest BCUT2D eigenvalue weighted by Crippen LogP contribution is -2.33.